The van der Waals surface area contributed by atoms with E-state index >= 15 is 8.78 Å². The lowest BCUT2D eigenvalue weighted by Crippen LogP contribution is -2.31. The fraction of sp³-hybridized carbons (Fsp3) is 0.447. The van der Waals surface area contributed by atoms with Gasteiger partial charge < -0.3 is 23.5 Å². The summed E-state index contributed by atoms with van der Waals surface area (Å²) in [5.74, 6) is 0.823. The van der Waals surface area contributed by atoms with Gasteiger partial charge >= 0.3 is 0 Å². The Morgan fingerprint density at radius 3 is 1.14 bits per heavy atom. The summed E-state index contributed by atoms with van der Waals surface area (Å²) in [5.41, 5.74) is 13.2. The molecule has 5 nitrogen and oxygen atoms in total. The number of aryl methyl sites for hydroxylation is 2. The molecule has 101 heavy (non-hydrogen) atoms. The molecule has 0 saturated heterocycles. The minimum Gasteiger partial charge on any atom is -0.711 e. The lowest BCUT2D eigenvalue weighted by atomic mass is 9.71. The van der Waals surface area contributed by atoms with Crippen LogP contribution in [0.3, 0.4) is 0 Å². The molecule has 0 unspecified atom stereocenters. The first-order valence-corrected chi connectivity index (χ1v) is 37.1. The number of halogens is 2. The van der Waals surface area contributed by atoms with Crippen molar-refractivity contribution in [3.8, 4) is 62.1 Å². The van der Waals surface area contributed by atoms with Crippen molar-refractivity contribution in [1.29, 1.82) is 0 Å². The number of aromatic hydroxyl groups is 2. The predicted molar refractivity (Wildman–Crippen MR) is 427 cm³/mol. The second-order valence-electron chi connectivity index (χ2n) is 38.3. The van der Waals surface area contributed by atoms with Gasteiger partial charge in [-0.05, 0) is 231 Å². The molecule has 9 aromatic carbocycles. The summed E-state index contributed by atoms with van der Waals surface area (Å²) in [5, 5.41) is 33.6. The molecule has 1 aromatic heterocycles. The summed E-state index contributed by atoms with van der Waals surface area (Å²) in [6.07, 6.45) is 5.52. The van der Waals surface area contributed by atoms with E-state index in [4.69, 9.17) is 14.2 Å². The summed E-state index contributed by atoms with van der Waals surface area (Å²) in [4.78, 5) is 0. The van der Waals surface area contributed by atoms with E-state index in [0.29, 0.717) is 69.3 Å². The fourth-order valence-corrected chi connectivity index (χ4v) is 17.2. The van der Waals surface area contributed by atoms with Gasteiger partial charge in [0.15, 0.2) is 13.2 Å². The molecule has 11 rings (SSSR count). The zero-order chi connectivity index (χ0) is 74.1. The number of fused-ring (bicyclic) bond motifs is 5. The van der Waals surface area contributed by atoms with Gasteiger partial charge in [0.05, 0.1) is 27.8 Å². The van der Waals surface area contributed by atoms with Gasteiger partial charge in [0, 0.05) is 56.0 Å². The van der Waals surface area contributed by atoms with Crippen LogP contribution in [0.2, 0.25) is 0 Å². The third-order valence-corrected chi connectivity index (χ3v) is 21.9. The van der Waals surface area contributed by atoms with Crippen molar-refractivity contribution in [3.63, 3.8) is 0 Å². The van der Waals surface area contributed by atoms with E-state index < -0.39 is 11.6 Å². The van der Waals surface area contributed by atoms with E-state index in [0.717, 1.165) is 98.6 Å². The van der Waals surface area contributed by atoms with Crippen molar-refractivity contribution in [1.82, 2.24) is 4.57 Å². The van der Waals surface area contributed by atoms with Crippen LogP contribution in [0.15, 0.2) is 127 Å². The van der Waals surface area contributed by atoms with Crippen LogP contribution in [0.5, 0.6) is 23.0 Å². The van der Waals surface area contributed by atoms with Gasteiger partial charge in [-0.1, -0.05) is 214 Å². The van der Waals surface area contributed by atoms with Crippen molar-refractivity contribution in [2.24, 2.45) is 22.7 Å². The Balaban J connectivity index is 1.04. The fourth-order valence-electron chi connectivity index (χ4n) is 17.2. The zero-order valence-electron chi connectivity index (χ0n) is 65.8. The number of aromatic nitrogens is 1. The minimum atomic E-state index is -0.404. The molecular weight excluding hydrogens is 1250 g/mol. The highest BCUT2D eigenvalue weighted by Gasteiger charge is 2.38. The predicted octanol–water partition coefficient (Wildman–Crippen LogP) is 27.6. The van der Waals surface area contributed by atoms with Gasteiger partial charge in [0.25, 0.3) is 0 Å². The second-order valence-corrected chi connectivity index (χ2v) is 38.3. The number of rotatable bonds is 14. The molecule has 1 heterocycles. The van der Waals surface area contributed by atoms with Crippen molar-refractivity contribution >= 4 is 43.4 Å². The monoisotopic (exact) mass is 1360 g/mol. The third-order valence-electron chi connectivity index (χ3n) is 21.9. The molecule has 0 bridgehead atoms. The van der Waals surface area contributed by atoms with Crippen LogP contribution >= 0.6 is 0 Å². The molecule has 0 aliphatic heterocycles. The average Bonchev–Trinajstić information content (AvgIpc) is 1.31. The lowest BCUT2D eigenvalue weighted by Gasteiger charge is -2.41. The summed E-state index contributed by atoms with van der Waals surface area (Å²) >= 11 is 0. The first kappa shape index (κ1) is 74.5. The number of benzene rings is 9. The Labute approximate surface area is 605 Å². The van der Waals surface area contributed by atoms with Crippen LogP contribution in [-0.2, 0) is 41.2 Å². The lowest BCUT2D eigenvalue weighted by molar-refractivity contribution is -0.0612. The molecule has 1 fully saturated rings. The quantitative estimate of drug-likeness (QED) is 0.0648. The van der Waals surface area contributed by atoms with E-state index in [-0.39, 0.29) is 66.7 Å². The van der Waals surface area contributed by atoms with Gasteiger partial charge in [-0.2, -0.15) is 0 Å². The van der Waals surface area contributed by atoms with Crippen LogP contribution in [0.4, 0.5) is 8.78 Å². The summed E-state index contributed by atoms with van der Waals surface area (Å²) in [7, 11) is 9.60. The maximum atomic E-state index is 16.7. The number of nitrogens with zero attached hydrogens (tertiary/aromatic N) is 1. The Bertz CT molecular complexity index is 4690. The molecule has 0 radical (unpaired) electrons. The van der Waals surface area contributed by atoms with Gasteiger partial charge in [0.1, 0.15) is 23.1 Å². The molecule has 1 aliphatic carbocycles. The minimum absolute atomic E-state index is 0.0466. The molecule has 536 valence electrons. The topological polar surface area (TPSA) is 50.8 Å². The first-order chi connectivity index (χ1) is 46.6. The summed E-state index contributed by atoms with van der Waals surface area (Å²) in [6.45, 7) is 54.5. The Morgan fingerprint density at radius 1 is 0.396 bits per heavy atom. The maximum Gasteiger partial charge on any atom is 0.237 e. The van der Waals surface area contributed by atoms with Gasteiger partial charge in [-0.15, -0.1) is 0 Å². The highest BCUT2D eigenvalue weighted by atomic mass is 19.1. The molecule has 0 spiro atoms. The summed E-state index contributed by atoms with van der Waals surface area (Å²) in [6, 6.07) is 44.3. The van der Waals surface area contributed by atoms with E-state index in [1.807, 2.05) is 13.8 Å². The number of phenolic OH excluding ortho intramolecular Hbond substituents is 2. The number of hydrogen-bond acceptors (Lipinski definition) is 2. The van der Waals surface area contributed by atoms with E-state index in [2.05, 4.69) is 269 Å². The Morgan fingerprint density at radius 2 is 0.752 bits per heavy atom. The molecule has 0 amide bonds. The van der Waals surface area contributed by atoms with Crippen molar-refractivity contribution in [2.45, 2.75) is 237 Å². The zero-order valence-corrected chi connectivity index (χ0v) is 65.8. The summed E-state index contributed by atoms with van der Waals surface area (Å²) < 4.78 is 42.2. The number of hydrogen-bond donors (Lipinski definition) is 2. The van der Waals surface area contributed by atoms with E-state index in [1.165, 1.54) is 22.3 Å². The highest BCUT2D eigenvalue weighted by molar-refractivity contribution is 6.15. The average molecular weight is 1360 g/mol. The van der Waals surface area contributed by atoms with Crippen LogP contribution in [0.1, 0.15) is 235 Å². The van der Waals surface area contributed by atoms with Gasteiger partial charge in [-0.3, -0.25) is 0 Å². The molecule has 1 aliphatic rings. The smallest absolute Gasteiger partial charge is 0.237 e. The molecule has 1 saturated carbocycles. The van der Waals surface area contributed by atoms with Gasteiger partial charge in [0.2, 0.25) is 11.5 Å². The van der Waals surface area contributed by atoms with Crippen molar-refractivity contribution < 1.29 is 27.7 Å². The van der Waals surface area contributed by atoms with Crippen molar-refractivity contribution in [2.75, 3.05) is 13.2 Å². The van der Waals surface area contributed by atoms with Gasteiger partial charge in [-0.25, -0.2) is 8.78 Å². The molecule has 7 heteroatoms. The molecule has 2 atom stereocenters. The Hall–Kier alpha value is -7.64. The second kappa shape index (κ2) is 26.3. The Kier molecular flexibility index (Phi) is 19.4. The highest BCUT2D eigenvalue weighted by Crippen LogP contribution is 2.55. The number of phenols is 2. The van der Waals surface area contributed by atoms with Crippen LogP contribution in [0.25, 0.3) is 82.4 Å². The van der Waals surface area contributed by atoms with Crippen LogP contribution in [0, 0.1) is 62.4 Å². The largest absolute Gasteiger partial charge is 0.711 e. The van der Waals surface area contributed by atoms with Crippen LogP contribution in [-0.4, -0.2) is 28.0 Å². The molecular formula is C94H117F2NO4. The van der Waals surface area contributed by atoms with E-state index in [9.17, 15) is 10.2 Å². The van der Waals surface area contributed by atoms with Crippen LogP contribution < -0.4 is 0 Å². The van der Waals surface area contributed by atoms with Crippen molar-refractivity contribution in [3.05, 3.63) is 198 Å². The maximum absolute atomic E-state index is 16.7. The SMILES string of the molecule is [CH2-][O+](C[C@@H]1CCCC[C@H]1C[O+]([CH2-])c1c(C)cc(F)cc1-c1cc(C(C)(C)CC(C)(C)C)cc(-n2c3cc(C(C)(C)C)ccc3c3ccc(C(C)(C)C)cc32)c1O)c1c(C)cc(F)cc1-c1cc(C(C)(C)CC(C)(C)C)cc(-c2c3cc(C(C)(C)C)ccc3cc3ccc(C(C)(C)C)cc23)c1O. The standard InChI is InChI=1S/C94H117F2NO4/c1-56-39-68(95)50-76(74-44-66(93(21,22)54-87(3,4)5)46-78(83(74)98)82-72-42-62(89(9,10)11)33-31-58(72)41-59-32-34-63(43-73(59)82)90(12,13)14)85(56)100(25)52-60-29-27-28-30-61(60)53-101(26)86-57(2)40-69(96)51-77(86)75-45-67(94(23,24)55-88(6,7)8)49-81(84(75)99)97-79-47-64(91(15,16)17)35-37-70(79)71-38-36-65(48-80(71)97)92(18,19)20/h31-51,60-61,98-99H,25-30,52-55H2,1-24H3/t60-,61-/m0/s1. The first-order valence-electron chi connectivity index (χ1n) is 37.1. The molecule has 10 aromatic rings. The normalized spacial score (nSPS) is 15.6. The van der Waals surface area contributed by atoms with E-state index in [1.54, 1.807) is 24.3 Å². The molecule has 2 N–H and O–H groups in total. The third kappa shape index (κ3) is 15.1.